The Morgan fingerprint density at radius 1 is 0.912 bits per heavy atom. The van der Waals surface area contributed by atoms with E-state index in [0.29, 0.717) is 28.1 Å². The van der Waals surface area contributed by atoms with Gasteiger partial charge in [-0.2, -0.15) is 0 Å². The molecule has 1 saturated heterocycles. The summed E-state index contributed by atoms with van der Waals surface area (Å²) in [4.78, 5) is 38.5. The molecule has 172 valence electrons. The molecular formula is C25H18Cl2N2O4S. The maximum absolute atomic E-state index is 12.7. The smallest absolute Gasteiger partial charge is 0.294 e. The molecule has 0 bridgehead atoms. The van der Waals surface area contributed by atoms with Crippen LogP contribution in [0, 0.1) is 0 Å². The highest BCUT2D eigenvalue weighted by atomic mass is 35.5. The lowest BCUT2D eigenvalue weighted by Gasteiger charge is -2.12. The van der Waals surface area contributed by atoms with Gasteiger partial charge < -0.3 is 10.1 Å². The van der Waals surface area contributed by atoms with Crippen molar-refractivity contribution in [2.75, 3.05) is 11.9 Å². The number of imide groups is 1. The molecular weight excluding hydrogens is 495 g/mol. The third kappa shape index (κ3) is 6.20. The molecule has 1 heterocycles. The number of rotatable bonds is 7. The average molecular weight is 513 g/mol. The molecule has 3 amide bonds. The largest absolute Gasteiger partial charge is 0.489 e. The second kappa shape index (κ2) is 10.8. The van der Waals surface area contributed by atoms with E-state index in [1.807, 2.05) is 12.1 Å². The van der Waals surface area contributed by atoms with Gasteiger partial charge in [0, 0.05) is 15.7 Å². The Kier molecular flexibility index (Phi) is 7.57. The van der Waals surface area contributed by atoms with Crippen LogP contribution in [0.15, 0.2) is 77.7 Å². The van der Waals surface area contributed by atoms with Gasteiger partial charge >= 0.3 is 0 Å². The Labute approximate surface area is 210 Å². The summed E-state index contributed by atoms with van der Waals surface area (Å²) >= 11 is 12.5. The quantitative estimate of drug-likeness (QED) is 0.378. The first kappa shape index (κ1) is 23.9. The summed E-state index contributed by atoms with van der Waals surface area (Å²) < 4.78 is 5.76. The van der Waals surface area contributed by atoms with Crippen LogP contribution in [0.25, 0.3) is 6.08 Å². The molecule has 0 unspecified atom stereocenters. The van der Waals surface area contributed by atoms with E-state index in [2.05, 4.69) is 5.32 Å². The molecule has 0 atom stereocenters. The first-order valence-electron chi connectivity index (χ1n) is 10.2. The number of halogens is 2. The molecule has 1 aliphatic rings. The van der Waals surface area contributed by atoms with Gasteiger partial charge in [-0.05, 0) is 77.5 Å². The van der Waals surface area contributed by atoms with Crippen molar-refractivity contribution in [1.82, 2.24) is 4.90 Å². The first-order chi connectivity index (χ1) is 16.4. The molecule has 3 aromatic carbocycles. The topological polar surface area (TPSA) is 75.7 Å². The highest BCUT2D eigenvalue weighted by Gasteiger charge is 2.36. The minimum atomic E-state index is -0.510. The molecule has 1 N–H and O–H groups in total. The molecule has 6 nitrogen and oxygen atoms in total. The number of carbonyl (C=O) groups excluding carboxylic acids is 3. The van der Waals surface area contributed by atoms with Gasteiger partial charge in [-0.25, -0.2) is 0 Å². The molecule has 3 aromatic rings. The number of thioether (sulfide) groups is 1. The minimum Gasteiger partial charge on any atom is -0.489 e. The third-order valence-corrected chi connectivity index (χ3v) is 6.21. The summed E-state index contributed by atoms with van der Waals surface area (Å²) in [5.41, 5.74) is 2.24. The summed E-state index contributed by atoms with van der Waals surface area (Å²) in [7, 11) is 0. The number of ether oxygens (including phenoxy) is 1. The number of hydrogen-bond acceptors (Lipinski definition) is 5. The van der Waals surface area contributed by atoms with Crippen LogP contribution in [0.2, 0.25) is 10.0 Å². The van der Waals surface area contributed by atoms with Gasteiger partial charge in [-0.1, -0.05) is 47.5 Å². The van der Waals surface area contributed by atoms with Crippen molar-refractivity contribution in [2.24, 2.45) is 0 Å². The van der Waals surface area contributed by atoms with Crippen molar-refractivity contribution >= 4 is 63.8 Å². The number of amides is 3. The predicted molar refractivity (Wildman–Crippen MR) is 135 cm³/mol. The highest BCUT2D eigenvalue weighted by Crippen LogP contribution is 2.32. The lowest BCUT2D eigenvalue weighted by Crippen LogP contribution is -2.36. The van der Waals surface area contributed by atoms with E-state index in [1.54, 1.807) is 66.7 Å². The van der Waals surface area contributed by atoms with E-state index < -0.39 is 17.1 Å². The molecule has 0 aromatic heterocycles. The summed E-state index contributed by atoms with van der Waals surface area (Å²) in [5, 5.41) is 3.35. The highest BCUT2D eigenvalue weighted by molar-refractivity contribution is 8.18. The zero-order valence-electron chi connectivity index (χ0n) is 17.7. The standard InChI is InChI=1S/C25H18Cl2N2O4S/c26-18-5-1-17(2-6-18)15-33-21-11-3-16(4-12-21)13-22-24(31)29(25(32)34-22)14-23(30)28-20-9-7-19(27)8-10-20/h1-13H,14-15H2,(H,28,30)/b22-13+. The van der Waals surface area contributed by atoms with Gasteiger partial charge in [0.25, 0.3) is 11.1 Å². The van der Waals surface area contributed by atoms with Gasteiger partial charge in [0.15, 0.2) is 0 Å². The van der Waals surface area contributed by atoms with Crippen molar-refractivity contribution < 1.29 is 19.1 Å². The monoisotopic (exact) mass is 512 g/mol. The van der Waals surface area contributed by atoms with E-state index in [-0.39, 0.29) is 11.4 Å². The predicted octanol–water partition coefficient (Wildman–Crippen LogP) is 6.25. The molecule has 0 saturated carbocycles. The van der Waals surface area contributed by atoms with E-state index in [9.17, 15) is 14.4 Å². The Bertz CT molecular complexity index is 1240. The van der Waals surface area contributed by atoms with Crippen LogP contribution in [0.1, 0.15) is 11.1 Å². The lowest BCUT2D eigenvalue weighted by molar-refractivity contribution is -0.127. The van der Waals surface area contributed by atoms with Gasteiger partial charge in [0.1, 0.15) is 18.9 Å². The Balaban J connectivity index is 1.35. The summed E-state index contributed by atoms with van der Waals surface area (Å²) in [5.74, 6) is -0.323. The maximum atomic E-state index is 12.7. The normalized spacial score (nSPS) is 14.5. The number of carbonyl (C=O) groups is 3. The minimum absolute atomic E-state index is 0.249. The number of nitrogens with zero attached hydrogens (tertiary/aromatic N) is 1. The van der Waals surface area contributed by atoms with Crippen molar-refractivity contribution in [2.45, 2.75) is 6.61 Å². The number of benzene rings is 3. The molecule has 34 heavy (non-hydrogen) atoms. The molecule has 0 spiro atoms. The van der Waals surface area contributed by atoms with Crippen LogP contribution in [0.3, 0.4) is 0 Å². The molecule has 0 radical (unpaired) electrons. The fourth-order valence-electron chi connectivity index (χ4n) is 3.07. The van der Waals surface area contributed by atoms with Crippen molar-refractivity contribution in [3.8, 4) is 5.75 Å². The van der Waals surface area contributed by atoms with E-state index in [1.165, 1.54) is 0 Å². The van der Waals surface area contributed by atoms with Gasteiger partial charge in [0.05, 0.1) is 4.91 Å². The van der Waals surface area contributed by atoms with E-state index >= 15 is 0 Å². The average Bonchev–Trinajstić information content (AvgIpc) is 3.08. The summed E-state index contributed by atoms with van der Waals surface area (Å²) in [6.07, 6.45) is 1.62. The lowest BCUT2D eigenvalue weighted by atomic mass is 10.2. The number of hydrogen-bond donors (Lipinski definition) is 1. The van der Waals surface area contributed by atoms with Crippen molar-refractivity contribution in [3.63, 3.8) is 0 Å². The first-order valence-corrected chi connectivity index (χ1v) is 11.7. The maximum Gasteiger partial charge on any atom is 0.294 e. The SMILES string of the molecule is O=C(CN1C(=O)S/C(=C/c2ccc(OCc3ccc(Cl)cc3)cc2)C1=O)Nc1ccc(Cl)cc1. The molecule has 4 rings (SSSR count). The molecule has 9 heteroatoms. The Morgan fingerprint density at radius 3 is 2.18 bits per heavy atom. The summed E-state index contributed by atoms with van der Waals surface area (Å²) in [6, 6.07) is 21.1. The van der Waals surface area contributed by atoms with Crippen LogP contribution in [-0.4, -0.2) is 28.5 Å². The molecule has 0 aliphatic carbocycles. The Morgan fingerprint density at radius 2 is 1.53 bits per heavy atom. The molecule has 1 fully saturated rings. The zero-order valence-corrected chi connectivity index (χ0v) is 20.0. The number of anilines is 1. The van der Waals surface area contributed by atoms with Crippen molar-refractivity contribution in [3.05, 3.63) is 98.9 Å². The second-order valence-electron chi connectivity index (χ2n) is 7.31. The van der Waals surface area contributed by atoms with Crippen LogP contribution in [0.4, 0.5) is 10.5 Å². The third-order valence-electron chi connectivity index (χ3n) is 4.80. The van der Waals surface area contributed by atoms with Crippen molar-refractivity contribution in [1.29, 1.82) is 0 Å². The van der Waals surface area contributed by atoms with Crippen LogP contribution in [0.5, 0.6) is 5.75 Å². The van der Waals surface area contributed by atoms with E-state index in [4.69, 9.17) is 27.9 Å². The fraction of sp³-hybridized carbons (Fsp3) is 0.0800. The summed E-state index contributed by atoms with van der Waals surface area (Å²) in [6.45, 7) is 0.0234. The van der Waals surface area contributed by atoms with Crippen LogP contribution < -0.4 is 10.1 Å². The number of nitrogens with one attached hydrogen (secondary N) is 1. The van der Waals surface area contributed by atoms with E-state index in [0.717, 1.165) is 27.8 Å². The van der Waals surface area contributed by atoms with Crippen LogP contribution >= 0.6 is 35.0 Å². The Hall–Kier alpha value is -3.26. The molecule has 1 aliphatic heterocycles. The van der Waals surface area contributed by atoms with Gasteiger partial charge in [-0.15, -0.1) is 0 Å². The van der Waals surface area contributed by atoms with Crippen LogP contribution in [-0.2, 0) is 16.2 Å². The second-order valence-corrected chi connectivity index (χ2v) is 9.17. The van der Waals surface area contributed by atoms with Gasteiger partial charge in [-0.3, -0.25) is 19.3 Å². The zero-order chi connectivity index (χ0) is 24.1. The van der Waals surface area contributed by atoms with Gasteiger partial charge in [0.2, 0.25) is 5.91 Å². The fourth-order valence-corrected chi connectivity index (χ4v) is 4.16.